The van der Waals surface area contributed by atoms with Crippen LogP contribution in [0, 0.1) is 11.8 Å². The number of nitrogens with zero attached hydrogens (tertiary/aromatic N) is 1. The van der Waals surface area contributed by atoms with Crippen LogP contribution in [0.4, 0.5) is 5.69 Å². The Bertz CT molecular complexity index is 1020. The molecule has 1 saturated heterocycles. The fourth-order valence-electron chi connectivity index (χ4n) is 5.30. The molecule has 3 atom stereocenters. The predicted molar refractivity (Wildman–Crippen MR) is 121 cm³/mol. The van der Waals surface area contributed by atoms with E-state index < -0.39 is 15.6 Å². The lowest BCUT2D eigenvalue weighted by Gasteiger charge is -2.26. The minimum Gasteiger partial charge on any atom is -0.390 e. The Morgan fingerprint density at radius 2 is 1.71 bits per heavy atom. The van der Waals surface area contributed by atoms with Crippen molar-refractivity contribution < 1.29 is 18.3 Å². The monoisotopic (exact) mass is 442 g/mol. The van der Waals surface area contributed by atoms with Gasteiger partial charge in [-0.25, -0.2) is 8.42 Å². The molecule has 1 heterocycles. The Kier molecular flexibility index (Phi) is 6.19. The average Bonchev–Trinajstić information content (AvgIpc) is 3.14. The maximum absolute atomic E-state index is 12.6. The SMILES string of the molecule is CS(=O)(=O)Nc1cccc(CC(=O)CN2C[C@@H]3CC(O)(Cc4ccccc4)C[C@@H]3C2)c1. The molecule has 0 spiro atoms. The highest BCUT2D eigenvalue weighted by Crippen LogP contribution is 2.45. The summed E-state index contributed by atoms with van der Waals surface area (Å²) in [6.07, 6.45) is 3.66. The summed E-state index contributed by atoms with van der Waals surface area (Å²) in [4.78, 5) is 14.8. The molecule has 1 unspecified atom stereocenters. The van der Waals surface area contributed by atoms with Crippen molar-refractivity contribution in [1.29, 1.82) is 0 Å². The van der Waals surface area contributed by atoms with E-state index in [2.05, 4.69) is 21.8 Å². The summed E-state index contributed by atoms with van der Waals surface area (Å²) in [5, 5.41) is 11.1. The number of rotatable bonds is 8. The summed E-state index contributed by atoms with van der Waals surface area (Å²) in [7, 11) is -3.34. The summed E-state index contributed by atoms with van der Waals surface area (Å²) >= 11 is 0. The van der Waals surface area contributed by atoms with Gasteiger partial charge in [-0.05, 0) is 47.9 Å². The molecular weight excluding hydrogens is 412 g/mol. The van der Waals surface area contributed by atoms with Gasteiger partial charge in [-0.2, -0.15) is 0 Å². The van der Waals surface area contributed by atoms with E-state index in [9.17, 15) is 18.3 Å². The van der Waals surface area contributed by atoms with Crippen molar-refractivity contribution in [1.82, 2.24) is 4.90 Å². The zero-order valence-electron chi connectivity index (χ0n) is 17.8. The Balaban J connectivity index is 1.28. The van der Waals surface area contributed by atoms with E-state index in [1.165, 1.54) is 5.56 Å². The minimum atomic E-state index is -3.34. The van der Waals surface area contributed by atoms with E-state index >= 15 is 0 Å². The van der Waals surface area contributed by atoms with Crippen LogP contribution in [-0.4, -0.2) is 55.7 Å². The number of hydrogen-bond acceptors (Lipinski definition) is 5. The zero-order valence-corrected chi connectivity index (χ0v) is 18.6. The van der Waals surface area contributed by atoms with Gasteiger partial charge in [-0.3, -0.25) is 14.4 Å². The average molecular weight is 443 g/mol. The van der Waals surface area contributed by atoms with Crippen LogP contribution in [0.25, 0.3) is 0 Å². The van der Waals surface area contributed by atoms with Crippen molar-refractivity contribution in [2.45, 2.75) is 31.3 Å². The summed E-state index contributed by atoms with van der Waals surface area (Å²) in [6.45, 7) is 2.10. The first-order valence-electron chi connectivity index (χ1n) is 10.7. The Morgan fingerprint density at radius 1 is 1.06 bits per heavy atom. The number of carbonyl (C=O) groups excluding carboxylic acids is 1. The van der Waals surface area contributed by atoms with Crippen LogP contribution in [-0.2, 0) is 27.7 Å². The van der Waals surface area contributed by atoms with Crippen LogP contribution in [0.2, 0.25) is 0 Å². The van der Waals surface area contributed by atoms with Gasteiger partial charge < -0.3 is 5.11 Å². The number of carbonyl (C=O) groups is 1. The number of fused-ring (bicyclic) bond motifs is 1. The molecule has 166 valence electrons. The molecule has 0 amide bonds. The Hall–Kier alpha value is -2.22. The molecule has 1 aliphatic heterocycles. The molecule has 31 heavy (non-hydrogen) atoms. The molecule has 7 heteroatoms. The molecule has 1 saturated carbocycles. The van der Waals surface area contributed by atoms with Crippen molar-refractivity contribution in [3.05, 3.63) is 65.7 Å². The normalized spacial score (nSPS) is 26.0. The van der Waals surface area contributed by atoms with Crippen LogP contribution in [0.5, 0.6) is 0 Å². The fraction of sp³-hybridized carbons (Fsp3) is 0.458. The number of nitrogens with one attached hydrogen (secondary N) is 1. The van der Waals surface area contributed by atoms with Crippen molar-refractivity contribution in [3.63, 3.8) is 0 Å². The quantitative estimate of drug-likeness (QED) is 0.656. The third-order valence-electron chi connectivity index (χ3n) is 6.34. The molecule has 0 aromatic heterocycles. The highest BCUT2D eigenvalue weighted by atomic mass is 32.2. The summed E-state index contributed by atoms with van der Waals surface area (Å²) in [6, 6.07) is 17.1. The summed E-state index contributed by atoms with van der Waals surface area (Å²) < 4.78 is 25.3. The van der Waals surface area contributed by atoms with Crippen molar-refractivity contribution in [2.24, 2.45) is 11.8 Å². The van der Waals surface area contributed by atoms with Crippen LogP contribution in [0.3, 0.4) is 0 Å². The van der Waals surface area contributed by atoms with E-state index in [1.54, 1.807) is 18.2 Å². The highest BCUT2D eigenvalue weighted by molar-refractivity contribution is 7.92. The number of likely N-dealkylation sites (tertiary alicyclic amines) is 1. The van der Waals surface area contributed by atoms with Crippen LogP contribution >= 0.6 is 0 Å². The lowest BCUT2D eigenvalue weighted by atomic mass is 9.91. The smallest absolute Gasteiger partial charge is 0.229 e. The van der Waals surface area contributed by atoms with E-state index in [0.29, 0.717) is 30.5 Å². The van der Waals surface area contributed by atoms with Crippen LogP contribution in [0.15, 0.2) is 54.6 Å². The standard InChI is InChI=1S/C24H30N2O4S/c1-31(29,30)25-22-9-5-8-19(10-22)11-23(27)17-26-15-20-13-24(28,14-21(20)16-26)12-18-6-3-2-4-7-18/h2-10,20-21,25,28H,11-17H2,1H3/t20-,21+,24?. The minimum absolute atomic E-state index is 0.121. The second-order valence-electron chi connectivity index (χ2n) is 9.30. The zero-order chi connectivity index (χ0) is 22.1. The maximum atomic E-state index is 12.6. The molecule has 0 bridgehead atoms. The van der Waals surface area contributed by atoms with Gasteiger partial charge in [-0.15, -0.1) is 0 Å². The van der Waals surface area contributed by atoms with Gasteiger partial charge in [0.2, 0.25) is 10.0 Å². The van der Waals surface area contributed by atoms with Gasteiger partial charge >= 0.3 is 0 Å². The lowest BCUT2D eigenvalue weighted by molar-refractivity contribution is -0.119. The van der Waals surface area contributed by atoms with Crippen molar-refractivity contribution >= 4 is 21.5 Å². The van der Waals surface area contributed by atoms with Gasteiger partial charge in [0.1, 0.15) is 0 Å². The van der Waals surface area contributed by atoms with Crippen molar-refractivity contribution in [3.8, 4) is 0 Å². The van der Waals surface area contributed by atoms with E-state index in [0.717, 1.165) is 37.8 Å². The van der Waals surface area contributed by atoms with Gasteiger partial charge in [0.15, 0.2) is 5.78 Å². The van der Waals surface area contributed by atoms with E-state index in [-0.39, 0.29) is 12.2 Å². The molecule has 2 aliphatic rings. The number of Topliss-reactive ketones (excluding diaryl/α,β-unsaturated/α-hetero) is 1. The first-order chi connectivity index (χ1) is 14.7. The van der Waals surface area contributed by atoms with Crippen LogP contribution in [0.1, 0.15) is 24.0 Å². The largest absolute Gasteiger partial charge is 0.390 e. The fourth-order valence-corrected chi connectivity index (χ4v) is 5.85. The van der Waals surface area contributed by atoms with E-state index in [1.807, 2.05) is 24.3 Å². The van der Waals surface area contributed by atoms with E-state index in [4.69, 9.17) is 0 Å². The number of sulfonamides is 1. The van der Waals surface area contributed by atoms with Crippen LogP contribution < -0.4 is 4.72 Å². The molecule has 2 aromatic rings. The predicted octanol–water partition coefficient (Wildman–Crippen LogP) is 2.49. The third kappa shape index (κ3) is 5.93. The lowest BCUT2D eigenvalue weighted by Crippen LogP contribution is -2.34. The maximum Gasteiger partial charge on any atom is 0.229 e. The molecule has 4 rings (SSSR count). The molecule has 2 fully saturated rings. The van der Waals surface area contributed by atoms with Gasteiger partial charge in [-0.1, -0.05) is 42.5 Å². The molecule has 2 aromatic carbocycles. The molecular formula is C24H30N2O4S. The second kappa shape index (κ2) is 8.73. The summed E-state index contributed by atoms with van der Waals surface area (Å²) in [5.74, 6) is 0.989. The molecule has 1 aliphatic carbocycles. The number of anilines is 1. The van der Waals surface area contributed by atoms with Gasteiger partial charge in [0.05, 0.1) is 18.4 Å². The molecule has 2 N–H and O–H groups in total. The highest BCUT2D eigenvalue weighted by Gasteiger charge is 2.48. The number of aliphatic hydroxyl groups is 1. The van der Waals surface area contributed by atoms with Gasteiger partial charge in [0.25, 0.3) is 0 Å². The molecule has 6 nitrogen and oxygen atoms in total. The number of ketones is 1. The first-order valence-corrected chi connectivity index (χ1v) is 12.6. The second-order valence-corrected chi connectivity index (χ2v) is 11.0. The topological polar surface area (TPSA) is 86.7 Å². The summed E-state index contributed by atoms with van der Waals surface area (Å²) in [5.41, 5.74) is 1.81. The Morgan fingerprint density at radius 3 is 2.35 bits per heavy atom. The molecule has 0 radical (unpaired) electrons. The number of benzene rings is 2. The van der Waals surface area contributed by atoms with Gasteiger partial charge in [0, 0.05) is 31.6 Å². The van der Waals surface area contributed by atoms with Crippen molar-refractivity contribution in [2.75, 3.05) is 30.6 Å². The third-order valence-corrected chi connectivity index (χ3v) is 6.95. The Labute approximate surface area is 184 Å². The first kappa shape index (κ1) is 22.0. The number of hydrogen-bond donors (Lipinski definition) is 2.